The van der Waals surface area contributed by atoms with Gasteiger partial charge in [-0.25, -0.2) is 0 Å². The number of phenolic OH excluding ortho intramolecular Hbond substituents is 1. The number of ketones is 4. The van der Waals surface area contributed by atoms with Gasteiger partial charge in [0.15, 0.2) is 34.7 Å². The van der Waals surface area contributed by atoms with Crippen molar-refractivity contribution in [3.8, 4) is 5.75 Å². The molecule has 0 spiro atoms. The molecule has 0 saturated heterocycles. The van der Waals surface area contributed by atoms with Crippen molar-refractivity contribution < 1.29 is 39.0 Å². The Bertz CT molecular complexity index is 1120. The first-order valence-corrected chi connectivity index (χ1v) is 10.1. The van der Waals surface area contributed by atoms with E-state index in [2.05, 4.69) is 5.16 Å². The molecule has 1 amide bonds. The van der Waals surface area contributed by atoms with Crippen molar-refractivity contribution in [2.24, 2.45) is 34.6 Å². The number of Topliss-reactive ketones (excluding diaryl/α,β-unsaturated/α-hetero) is 4. The van der Waals surface area contributed by atoms with Gasteiger partial charge in [-0.3, -0.25) is 24.0 Å². The number of nitrogens with two attached hydrogens (primary N) is 1. The van der Waals surface area contributed by atoms with Crippen molar-refractivity contribution >= 4 is 34.8 Å². The molecule has 3 aliphatic carbocycles. The number of benzene rings is 1. The van der Waals surface area contributed by atoms with Gasteiger partial charge in [-0.1, -0.05) is 5.16 Å². The third-order valence-corrected chi connectivity index (χ3v) is 6.90. The lowest BCUT2D eigenvalue weighted by atomic mass is 9.53. The molecule has 0 aromatic heterocycles. The van der Waals surface area contributed by atoms with Crippen LogP contribution in [0.5, 0.6) is 5.75 Å². The number of carbonyl (C=O) groups excluding carboxylic acids is 5. The van der Waals surface area contributed by atoms with Gasteiger partial charge in [-0.2, -0.15) is 0 Å². The zero-order valence-electron chi connectivity index (χ0n) is 17.5. The summed E-state index contributed by atoms with van der Waals surface area (Å²) >= 11 is 0. The number of amides is 1. The Labute approximate surface area is 182 Å². The van der Waals surface area contributed by atoms with E-state index in [-0.39, 0.29) is 30.6 Å². The van der Waals surface area contributed by atoms with Gasteiger partial charge in [-0.05, 0) is 43.4 Å². The molecule has 0 heterocycles. The van der Waals surface area contributed by atoms with Gasteiger partial charge >= 0.3 is 0 Å². The highest BCUT2D eigenvalue weighted by Crippen LogP contribution is 2.50. The van der Waals surface area contributed by atoms with Crippen LogP contribution in [0.15, 0.2) is 17.3 Å². The van der Waals surface area contributed by atoms with E-state index < -0.39 is 58.3 Å². The largest absolute Gasteiger partial charge is 0.507 e. The molecule has 0 bridgehead atoms. The average Bonchev–Trinajstić information content (AvgIpc) is 2.70. The van der Waals surface area contributed by atoms with E-state index in [0.29, 0.717) is 16.8 Å². The molecule has 3 aliphatic rings. The predicted molar refractivity (Wildman–Crippen MR) is 108 cm³/mol. The molecule has 168 valence electrons. The molecular weight excluding hydrogens is 420 g/mol. The summed E-state index contributed by atoms with van der Waals surface area (Å²) in [5, 5.41) is 25.4. The van der Waals surface area contributed by atoms with Crippen LogP contribution in [0.3, 0.4) is 0 Å². The van der Waals surface area contributed by atoms with E-state index in [1.54, 1.807) is 13.0 Å². The normalized spacial score (nSPS) is 32.2. The molecule has 2 saturated carbocycles. The van der Waals surface area contributed by atoms with Crippen LogP contribution in [-0.2, 0) is 30.4 Å². The molecule has 4 rings (SSSR count). The standard InChI is InChI=1S/C22H22N2O8/c1-8(24-32-2)11-3-4-13(25)16-12(11)6-9-5-10-7-14(26)17(21(23)30)20(29)22(10,31)19(28)15(9)18(16)27/h3-4,9-10,15,17,25,31H,5-7H2,1-2H3,(H2,23,30)/t9-,10+,15?,17?,22+/m1/s1. The van der Waals surface area contributed by atoms with Gasteiger partial charge < -0.3 is 20.8 Å². The zero-order valence-corrected chi connectivity index (χ0v) is 17.5. The van der Waals surface area contributed by atoms with E-state index in [9.17, 15) is 34.2 Å². The highest BCUT2D eigenvalue weighted by atomic mass is 16.6. The first-order chi connectivity index (χ1) is 15.0. The van der Waals surface area contributed by atoms with Crippen molar-refractivity contribution in [1.82, 2.24) is 0 Å². The number of phenols is 1. The minimum Gasteiger partial charge on any atom is -0.507 e. The summed E-state index contributed by atoms with van der Waals surface area (Å²) in [4.78, 5) is 68.4. The third kappa shape index (κ3) is 2.82. The summed E-state index contributed by atoms with van der Waals surface area (Å²) in [7, 11) is 1.37. The summed E-state index contributed by atoms with van der Waals surface area (Å²) in [6.07, 6.45) is -0.147. The van der Waals surface area contributed by atoms with E-state index in [4.69, 9.17) is 10.6 Å². The number of rotatable bonds is 3. The Balaban J connectivity index is 1.83. The monoisotopic (exact) mass is 442 g/mol. The molecule has 4 N–H and O–H groups in total. The number of nitrogens with zero attached hydrogens (tertiary/aromatic N) is 1. The van der Waals surface area contributed by atoms with E-state index >= 15 is 0 Å². The fourth-order valence-corrected chi connectivity index (χ4v) is 5.49. The molecular formula is C22H22N2O8. The van der Waals surface area contributed by atoms with Gasteiger partial charge in [0.05, 0.1) is 17.2 Å². The first-order valence-electron chi connectivity index (χ1n) is 10.1. The lowest BCUT2D eigenvalue weighted by Gasteiger charge is -2.48. The summed E-state index contributed by atoms with van der Waals surface area (Å²) in [6, 6.07) is 2.89. The lowest BCUT2D eigenvalue weighted by molar-refractivity contribution is -0.175. The summed E-state index contributed by atoms with van der Waals surface area (Å²) < 4.78 is 0. The van der Waals surface area contributed by atoms with E-state index in [1.807, 2.05) is 0 Å². The van der Waals surface area contributed by atoms with Gasteiger partial charge in [0, 0.05) is 17.9 Å². The Morgan fingerprint density at radius 2 is 1.88 bits per heavy atom. The molecule has 32 heavy (non-hydrogen) atoms. The van der Waals surface area contributed by atoms with Crippen molar-refractivity contribution in [2.45, 2.75) is 31.8 Å². The number of hydrogen-bond acceptors (Lipinski definition) is 9. The molecule has 2 fully saturated rings. The maximum absolute atomic E-state index is 13.4. The van der Waals surface area contributed by atoms with Crippen molar-refractivity contribution in [3.63, 3.8) is 0 Å². The van der Waals surface area contributed by atoms with Crippen LogP contribution in [0.25, 0.3) is 0 Å². The molecule has 2 unspecified atom stereocenters. The number of fused-ring (bicyclic) bond motifs is 3. The fraction of sp³-hybridized carbons (Fsp3) is 0.455. The Hall–Kier alpha value is -3.40. The Kier molecular flexibility index (Phi) is 5.00. The molecule has 10 nitrogen and oxygen atoms in total. The second-order valence-corrected chi connectivity index (χ2v) is 8.58. The maximum Gasteiger partial charge on any atom is 0.235 e. The van der Waals surface area contributed by atoms with Gasteiger partial charge in [0.1, 0.15) is 12.9 Å². The predicted octanol–water partition coefficient (Wildman–Crippen LogP) is -0.303. The molecule has 1 aromatic rings. The summed E-state index contributed by atoms with van der Waals surface area (Å²) in [5.41, 5.74) is 3.94. The van der Waals surface area contributed by atoms with Crippen molar-refractivity contribution in [2.75, 3.05) is 7.11 Å². The number of carbonyl (C=O) groups is 5. The molecule has 5 atom stereocenters. The second-order valence-electron chi connectivity index (χ2n) is 8.58. The number of aliphatic hydroxyl groups is 1. The van der Waals surface area contributed by atoms with Crippen LogP contribution < -0.4 is 5.73 Å². The lowest BCUT2D eigenvalue weighted by Crippen LogP contribution is -2.68. The van der Waals surface area contributed by atoms with Crippen LogP contribution in [-0.4, -0.2) is 57.7 Å². The highest BCUT2D eigenvalue weighted by Gasteiger charge is 2.66. The average molecular weight is 442 g/mol. The second kappa shape index (κ2) is 7.33. The smallest absolute Gasteiger partial charge is 0.235 e. The molecule has 0 radical (unpaired) electrons. The fourth-order valence-electron chi connectivity index (χ4n) is 5.49. The van der Waals surface area contributed by atoms with E-state index in [0.717, 1.165) is 0 Å². The van der Waals surface area contributed by atoms with Gasteiger partial charge in [0.25, 0.3) is 0 Å². The van der Waals surface area contributed by atoms with Crippen LogP contribution >= 0.6 is 0 Å². The van der Waals surface area contributed by atoms with Crippen LogP contribution in [0.4, 0.5) is 0 Å². The third-order valence-electron chi connectivity index (χ3n) is 6.90. The van der Waals surface area contributed by atoms with Crippen molar-refractivity contribution in [3.05, 3.63) is 28.8 Å². The number of oxime groups is 1. The summed E-state index contributed by atoms with van der Waals surface area (Å²) in [5.74, 6) is -10.3. The van der Waals surface area contributed by atoms with Crippen LogP contribution in [0.1, 0.15) is 41.3 Å². The Morgan fingerprint density at radius 1 is 1.19 bits per heavy atom. The quantitative estimate of drug-likeness (QED) is 0.325. The first kappa shape index (κ1) is 21.8. The Morgan fingerprint density at radius 3 is 2.50 bits per heavy atom. The van der Waals surface area contributed by atoms with Gasteiger partial charge in [0.2, 0.25) is 5.91 Å². The minimum absolute atomic E-state index is 0.0383. The van der Waals surface area contributed by atoms with Crippen LogP contribution in [0.2, 0.25) is 0 Å². The topological polar surface area (TPSA) is 173 Å². The maximum atomic E-state index is 13.4. The molecule has 0 aliphatic heterocycles. The minimum atomic E-state index is -2.65. The number of aromatic hydroxyl groups is 1. The van der Waals surface area contributed by atoms with Crippen LogP contribution in [0, 0.1) is 23.7 Å². The highest BCUT2D eigenvalue weighted by molar-refractivity contribution is 6.31. The molecule has 1 aromatic carbocycles. The molecule has 10 heteroatoms. The zero-order chi connectivity index (χ0) is 23.5. The number of hydrogen-bond donors (Lipinski definition) is 3. The van der Waals surface area contributed by atoms with Crippen molar-refractivity contribution in [1.29, 1.82) is 0 Å². The number of primary amides is 1. The summed E-state index contributed by atoms with van der Waals surface area (Å²) in [6.45, 7) is 1.67. The SMILES string of the molecule is CON=C(C)c1ccc(O)c2c1C[C@H]1C[C@H]3CC(=O)C(C(N)=O)C(=O)[C@@]3(O)C(=O)C1C2=O. The van der Waals surface area contributed by atoms with E-state index in [1.165, 1.54) is 13.2 Å². The van der Waals surface area contributed by atoms with Gasteiger partial charge in [-0.15, -0.1) is 0 Å².